The van der Waals surface area contributed by atoms with E-state index in [1.807, 2.05) is 13.8 Å². The number of hydrogen-bond donors (Lipinski definition) is 1. The van der Waals surface area contributed by atoms with Crippen molar-refractivity contribution in [2.45, 2.75) is 65.0 Å². The number of rotatable bonds is 7. The Morgan fingerprint density at radius 2 is 1.79 bits per heavy atom. The Kier molecular flexibility index (Phi) is 6.34. The summed E-state index contributed by atoms with van der Waals surface area (Å²) in [4.78, 5) is 50.5. The van der Waals surface area contributed by atoms with E-state index in [0.717, 1.165) is 25.7 Å². The zero-order valence-corrected chi connectivity index (χ0v) is 17.1. The van der Waals surface area contributed by atoms with Gasteiger partial charge in [0.2, 0.25) is 11.8 Å². The standard InChI is InChI=1S/C20H28N4O5/c1-12(2)24-16(8-10-21-24)22-18(26)13(3)29-17(25)9-11-23-19(27)14-6-4-5-7-15(14)20(23)28/h8,10,12-15H,4-7,9,11H2,1-3H3,(H,22,26)/t13-,14-,15-/m0/s1. The number of carbonyl (C=O) groups is 4. The van der Waals surface area contributed by atoms with Gasteiger partial charge >= 0.3 is 5.97 Å². The molecule has 1 saturated heterocycles. The topological polar surface area (TPSA) is 111 Å². The van der Waals surface area contributed by atoms with Crippen LogP contribution in [-0.2, 0) is 23.9 Å². The summed E-state index contributed by atoms with van der Waals surface area (Å²) in [5, 5.41) is 6.82. The van der Waals surface area contributed by atoms with Gasteiger partial charge in [0.1, 0.15) is 5.82 Å². The number of nitrogens with zero attached hydrogens (tertiary/aromatic N) is 3. The number of ether oxygens (including phenoxy) is 1. The van der Waals surface area contributed by atoms with Crippen LogP contribution < -0.4 is 5.32 Å². The van der Waals surface area contributed by atoms with Crippen molar-refractivity contribution in [1.82, 2.24) is 14.7 Å². The number of imide groups is 1. The third-order valence-electron chi connectivity index (χ3n) is 5.56. The largest absolute Gasteiger partial charge is 0.452 e. The minimum absolute atomic E-state index is 0.00202. The lowest BCUT2D eigenvalue weighted by molar-refractivity contribution is -0.154. The van der Waals surface area contributed by atoms with E-state index in [-0.39, 0.29) is 42.7 Å². The number of esters is 1. The molecule has 9 nitrogen and oxygen atoms in total. The van der Waals surface area contributed by atoms with Crippen LogP contribution in [0.4, 0.5) is 5.82 Å². The third-order valence-corrected chi connectivity index (χ3v) is 5.56. The summed E-state index contributed by atoms with van der Waals surface area (Å²) in [5.74, 6) is -1.41. The maximum atomic E-state index is 12.4. The number of likely N-dealkylation sites (tertiary alicyclic amines) is 1. The molecule has 0 spiro atoms. The van der Waals surface area contributed by atoms with Crippen molar-refractivity contribution < 1.29 is 23.9 Å². The van der Waals surface area contributed by atoms with Crippen LogP contribution in [0.25, 0.3) is 0 Å². The fraction of sp³-hybridized carbons (Fsp3) is 0.650. The number of nitrogens with one attached hydrogen (secondary N) is 1. The van der Waals surface area contributed by atoms with Crippen LogP contribution in [0.2, 0.25) is 0 Å². The normalized spacial score (nSPS) is 22.6. The number of fused-ring (bicyclic) bond motifs is 1. The molecule has 2 aliphatic rings. The Labute approximate surface area is 169 Å². The van der Waals surface area contributed by atoms with E-state index >= 15 is 0 Å². The van der Waals surface area contributed by atoms with Crippen molar-refractivity contribution in [1.29, 1.82) is 0 Å². The Bertz CT molecular complexity index is 779. The fourth-order valence-corrected chi connectivity index (χ4v) is 4.02. The van der Waals surface area contributed by atoms with Gasteiger partial charge in [-0.25, -0.2) is 4.68 Å². The molecule has 1 aliphatic heterocycles. The fourth-order valence-electron chi connectivity index (χ4n) is 4.02. The Morgan fingerprint density at radius 1 is 1.17 bits per heavy atom. The van der Waals surface area contributed by atoms with Gasteiger partial charge in [0.05, 0.1) is 24.5 Å². The molecule has 3 rings (SSSR count). The molecule has 1 N–H and O–H groups in total. The van der Waals surface area contributed by atoms with Gasteiger partial charge in [0.15, 0.2) is 6.10 Å². The highest BCUT2D eigenvalue weighted by molar-refractivity contribution is 6.05. The molecule has 158 valence electrons. The van der Waals surface area contributed by atoms with E-state index in [1.165, 1.54) is 11.8 Å². The number of amides is 3. The smallest absolute Gasteiger partial charge is 0.308 e. The van der Waals surface area contributed by atoms with Crippen molar-refractivity contribution in [2.24, 2.45) is 11.8 Å². The van der Waals surface area contributed by atoms with Crippen LogP contribution in [-0.4, -0.2) is 51.0 Å². The lowest BCUT2D eigenvalue weighted by Crippen LogP contribution is -2.35. The second-order valence-electron chi connectivity index (χ2n) is 7.95. The van der Waals surface area contributed by atoms with Crippen LogP contribution in [0.3, 0.4) is 0 Å². The van der Waals surface area contributed by atoms with Gasteiger partial charge in [-0.1, -0.05) is 12.8 Å². The van der Waals surface area contributed by atoms with Crippen molar-refractivity contribution in [2.75, 3.05) is 11.9 Å². The first-order valence-electron chi connectivity index (χ1n) is 10.2. The predicted octanol–water partition coefficient (Wildman–Crippen LogP) is 1.90. The van der Waals surface area contributed by atoms with Crippen molar-refractivity contribution in [3.63, 3.8) is 0 Å². The van der Waals surface area contributed by atoms with E-state index in [9.17, 15) is 19.2 Å². The Morgan fingerprint density at radius 3 is 2.38 bits per heavy atom. The molecule has 2 heterocycles. The SMILES string of the molecule is CC(C)n1nccc1NC(=O)[C@H](C)OC(=O)CCN1C(=O)[C@H]2CCCC[C@@H]2C1=O. The minimum atomic E-state index is -1.01. The summed E-state index contributed by atoms with van der Waals surface area (Å²) in [7, 11) is 0. The highest BCUT2D eigenvalue weighted by atomic mass is 16.5. The molecule has 0 aromatic carbocycles. The van der Waals surface area contributed by atoms with Crippen LogP contribution in [0.5, 0.6) is 0 Å². The lowest BCUT2D eigenvalue weighted by atomic mass is 9.81. The molecule has 1 aliphatic carbocycles. The minimum Gasteiger partial charge on any atom is -0.452 e. The van der Waals surface area contributed by atoms with Gasteiger partial charge in [0.25, 0.3) is 5.91 Å². The summed E-state index contributed by atoms with van der Waals surface area (Å²) in [6, 6.07) is 1.73. The van der Waals surface area contributed by atoms with Gasteiger partial charge in [-0.05, 0) is 33.6 Å². The lowest BCUT2D eigenvalue weighted by Gasteiger charge is -2.19. The van der Waals surface area contributed by atoms with Gasteiger partial charge in [-0.3, -0.25) is 24.1 Å². The zero-order valence-electron chi connectivity index (χ0n) is 17.1. The highest BCUT2D eigenvalue weighted by Crippen LogP contribution is 2.37. The molecule has 9 heteroatoms. The monoisotopic (exact) mass is 404 g/mol. The van der Waals surface area contributed by atoms with Gasteiger partial charge in [-0.2, -0.15) is 5.10 Å². The maximum Gasteiger partial charge on any atom is 0.308 e. The molecule has 0 radical (unpaired) electrons. The zero-order chi connectivity index (χ0) is 21.1. The van der Waals surface area contributed by atoms with E-state index in [1.54, 1.807) is 16.9 Å². The summed E-state index contributed by atoms with van der Waals surface area (Å²) < 4.78 is 6.83. The second kappa shape index (κ2) is 8.75. The predicted molar refractivity (Wildman–Crippen MR) is 104 cm³/mol. The van der Waals surface area contributed by atoms with Crippen LogP contribution in [0.15, 0.2) is 12.3 Å². The molecule has 1 aromatic rings. The molecule has 29 heavy (non-hydrogen) atoms. The molecule has 0 unspecified atom stereocenters. The quantitative estimate of drug-likeness (QED) is 0.549. The number of hydrogen-bond acceptors (Lipinski definition) is 6. The summed E-state index contributed by atoms with van der Waals surface area (Å²) in [6.07, 6.45) is 3.83. The van der Waals surface area contributed by atoms with Crippen LogP contribution in [0.1, 0.15) is 58.9 Å². The van der Waals surface area contributed by atoms with E-state index in [4.69, 9.17) is 4.74 Å². The molecule has 2 fully saturated rings. The second-order valence-corrected chi connectivity index (χ2v) is 7.95. The van der Waals surface area contributed by atoms with Gasteiger partial charge in [-0.15, -0.1) is 0 Å². The Hall–Kier alpha value is -2.71. The average Bonchev–Trinajstić information content (AvgIpc) is 3.24. The van der Waals surface area contributed by atoms with Crippen molar-refractivity contribution in [3.8, 4) is 0 Å². The third kappa shape index (κ3) is 4.49. The van der Waals surface area contributed by atoms with E-state index in [2.05, 4.69) is 10.4 Å². The van der Waals surface area contributed by atoms with Gasteiger partial charge in [0, 0.05) is 18.7 Å². The van der Waals surface area contributed by atoms with Crippen molar-refractivity contribution in [3.05, 3.63) is 12.3 Å². The number of carbonyl (C=O) groups excluding carboxylic acids is 4. The first-order valence-corrected chi connectivity index (χ1v) is 10.2. The van der Waals surface area contributed by atoms with E-state index in [0.29, 0.717) is 5.82 Å². The molecule has 3 atom stereocenters. The molecular formula is C20H28N4O5. The number of anilines is 1. The maximum absolute atomic E-state index is 12.4. The molecule has 3 amide bonds. The molecular weight excluding hydrogens is 376 g/mol. The molecule has 1 aromatic heterocycles. The number of aromatic nitrogens is 2. The summed E-state index contributed by atoms with van der Waals surface area (Å²) >= 11 is 0. The molecule has 0 bridgehead atoms. The Balaban J connectivity index is 1.49. The highest BCUT2D eigenvalue weighted by Gasteiger charge is 2.47. The van der Waals surface area contributed by atoms with E-state index < -0.39 is 18.0 Å². The first-order chi connectivity index (χ1) is 13.8. The van der Waals surface area contributed by atoms with Crippen LogP contribution >= 0.6 is 0 Å². The van der Waals surface area contributed by atoms with Crippen LogP contribution in [0, 0.1) is 11.8 Å². The average molecular weight is 404 g/mol. The van der Waals surface area contributed by atoms with Gasteiger partial charge < -0.3 is 10.1 Å². The first kappa shape index (κ1) is 21.0. The summed E-state index contributed by atoms with van der Waals surface area (Å²) in [5.41, 5.74) is 0. The summed E-state index contributed by atoms with van der Waals surface area (Å²) in [6.45, 7) is 5.34. The van der Waals surface area contributed by atoms with Crippen molar-refractivity contribution >= 4 is 29.5 Å². The molecule has 1 saturated carbocycles.